The Labute approximate surface area is 122 Å². The van der Waals surface area contributed by atoms with E-state index in [-0.39, 0.29) is 11.9 Å². The first-order chi connectivity index (χ1) is 9.11. The number of halogens is 3. The molecule has 0 amide bonds. The second-order valence-corrected chi connectivity index (χ2v) is 5.10. The van der Waals surface area contributed by atoms with Crippen molar-refractivity contribution >= 4 is 28.9 Å². The van der Waals surface area contributed by atoms with Crippen molar-refractivity contribution in [3.05, 3.63) is 63.9 Å². The van der Waals surface area contributed by atoms with Gasteiger partial charge >= 0.3 is 0 Å². The van der Waals surface area contributed by atoms with Crippen LogP contribution in [0.15, 0.2) is 42.5 Å². The van der Waals surface area contributed by atoms with Crippen molar-refractivity contribution in [1.29, 1.82) is 0 Å². The van der Waals surface area contributed by atoms with Gasteiger partial charge in [0.15, 0.2) is 0 Å². The largest absolute Gasteiger partial charge is 0.375 e. The van der Waals surface area contributed by atoms with Crippen LogP contribution in [-0.2, 0) is 0 Å². The van der Waals surface area contributed by atoms with E-state index in [0.29, 0.717) is 15.7 Å². The van der Waals surface area contributed by atoms with Gasteiger partial charge in [0.2, 0.25) is 0 Å². The van der Waals surface area contributed by atoms with Crippen LogP contribution < -0.4 is 5.32 Å². The zero-order valence-corrected chi connectivity index (χ0v) is 12.0. The van der Waals surface area contributed by atoms with Gasteiger partial charge in [-0.05, 0) is 36.2 Å². The summed E-state index contributed by atoms with van der Waals surface area (Å²) in [6, 6.07) is 12.1. The average Bonchev–Trinajstić information content (AvgIpc) is 2.40. The van der Waals surface area contributed by atoms with Gasteiger partial charge in [-0.3, -0.25) is 0 Å². The molecule has 2 rings (SSSR count). The number of anilines is 1. The third-order valence-corrected chi connectivity index (χ3v) is 3.53. The summed E-state index contributed by atoms with van der Waals surface area (Å²) >= 11 is 11.9. The molecule has 0 aromatic heterocycles. The minimum absolute atomic E-state index is 0.00772. The van der Waals surface area contributed by atoms with Gasteiger partial charge in [-0.2, -0.15) is 0 Å². The zero-order valence-electron chi connectivity index (χ0n) is 10.5. The highest BCUT2D eigenvalue weighted by Gasteiger charge is 2.13. The van der Waals surface area contributed by atoms with E-state index in [1.54, 1.807) is 12.1 Å². The summed E-state index contributed by atoms with van der Waals surface area (Å²) in [5.41, 5.74) is 1.39. The molecule has 1 nitrogen and oxygen atoms in total. The van der Waals surface area contributed by atoms with Crippen molar-refractivity contribution in [3.63, 3.8) is 0 Å². The standard InChI is InChI=1S/C15H14Cl2FN/c1-2-14(10-6-8-11(16)9-7-10)19-15-12(17)4-3-5-13(15)18/h3-9,14,19H,2H2,1H3. The summed E-state index contributed by atoms with van der Waals surface area (Å²) in [4.78, 5) is 0. The molecule has 2 aromatic rings. The Morgan fingerprint density at radius 1 is 1.11 bits per heavy atom. The molecule has 0 aliphatic rings. The Morgan fingerprint density at radius 2 is 1.79 bits per heavy atom. The van der Waals surface area contributed by atoms with Crippen LogP contribution in [-0.4, -0.2) is 0 Å². The maximum atomic E-state index is 13.8. The first-order valence-corrected chi connectivity index (χ1v) is 6.83. The maximum absolute atomic E-state index is 13.8. The number of para-hydroxylation sites is 1. The summed E-state index contributed by atoms with van der Waals surface area (Å²) in [6.07, 6.45) is 0.812. The fourth-order valence-electron chi connectivity index (χ4n) is 1.93. The molecular weight excluding hydrogens is 284 g/mol. The molecule has 1 unspecified atom stereocenters. The molecule has 0 bridgehead atoms. The van der Waals surface area contributed by atoms with Gasteiger partial charge in [-0.25, -0.2) is 4.39 Å². The monoisotopic (exact) mass is 297 g/mol. The Kier molecular flexibility index (Phi) is 4.67. The topological polar surface area (TPSA) is 12.0 Å². The van der Waals surface area contributed by atoms with Crippen molar-refractivity contribution in [3.8, 4) is 0 Å². The molecule has 0 heterocycles. The maximum Gasteiger partial charge on any atom is 0.147 e. The van der Waals surface area contributed by atoms with Crippen LogP contribution in [0.5, 0.6) is 0 Å². The third kappa shape index (κ3) is 3.40. The van der Waals surface area contributed by atoms with E-state index in [4.69, 9.17) is 23.2 Å². The lowest BCUT2D eigenvalue weighted by Gasteiger charge is -2.20. The molecule has 0 saturated carbocycles. The van der Waals surface area contributed by atoms with Crippen LogP contribution in [0.3, 0.4) is 0 Å². The summed E-state index contributed by atoms with van der Waals surface area (Å²) < 4.78 is 13.8. The first kappa shape index (κ1) is 14.2. The summed E-state index contributed by atoms with van der Waals surface area (Å²) in [5, 5.41) is 4.22. The van der Waals surface area contributed by atoms with Crippen LogP contribution >= 0.6 is 23.2 Å². The molecule has 0 spiro atoms. The highest BCUT2D eigenvalue weighted by atomic mass is 35.5. The SMILES string of the molecule is CCC(Nc1c(F)cccc1Cl)c1ccc(Cl)cc1. The molecule has 0 aliphatic heterocycles. The fraction of sp³-hybridized carbons (Fsp3) is 0.200. The highest BCUT2D eigenvalue weighted by molar-refractivity contribution is 6.33. The van der Waals surface area contributed by atoms with E-state index in [0.717, 1.165) is 12.0 Å². The van der Waals surface area contributed by atoms with Crippen molar-refractivity contribution in [2.75, 3.05) is 5.32 Å². The van der Waals surface area contributed by atoms with Crippen LogP contribution in [0, 0.1) is 5.82 Å². The predicted octanol–water partition coefficient (Wildman–Crippen LogP) is 5.70. The molecule has 100 valence electrons. The minimum Gasteiger partial charge on any atom is -0.375 e. The lowest BCUT2D eigenvalue weighted by atomic mass is 10.0. The van der Waals surface area contributed by atoms with E-state index >= 15 is 0 Å². The average molecular weight is 298 g/mol. The summed E-state index contributed by atoms with van der Waals surface area (Å²) in [6.45, 7) is 2.03. The second-order valence-electron chi connectivity index (χ2n) is 4.25. The van der Waals surface area contributed by atoms with E-state index in [1.807, 2.05) is 31.2 Å². The van der Waals surface area contributed by atoms with E-state index in [2.05, 4.69) is 5.32 Å². The summed E-state index contributed by atoms with van der Waals surface area (Å²) in [7, 11) is 0. The molecule has 4 heteroatoms. The van der Waals surface area contributed by atoms with Gasteiger partial charge in [0.1, 0.15) is 5.82 Å². The molecule has 1 atom stereocenters. The Bertz CT molecular complexity index is 534. The van der Waals surface area contributed by atoms with Crippen LogP contribution in [0.25, 0.3) is 0 Å². The number of hydrogen-bond acceptors (Lipinski definition) is 1. The lowest BCUT2D eigenvalue weighted by Crippen LogP contribution is -2.11. The quantitative estimate of drug-likeness (QED) is 0.764. The van der Waals surface area contributed by atoms with E-state index in [9.17, 15) is 4.39 Å². The molecule has 2 aromatic carbocycles. The third-order valence-electron chi connectivity index (χ3n) is 2.96. The van der Waals surface area contributed by atoms with Crippen molar-refractivity contribution in [2.45, 2.75) is 19.4 Å². The van der Waals surface area contributed by atoms with Crippen molar-refractivity contribution in [1.82, 2.24) is 0 Å². The van der Waals surface area contributed by atoms with Crippen LogP contribution in [0.4, 0.5) is 10.1 Å². The Hall–Kier alpha value is -1.25. The van der Waals surface area contributed by atoms with Gasteiger partial charge in [0.25, 0.3) is 0 Å². The van der Waals surface area contributed by atoms with Crippen LogP contribution in [0.2, 0.25) is 10.0 Å². The van der Waals surface area contributed by atoms with Gasteiger partial charge in [0, 0.05) is 5.02 Å². The molecule has 19 heavy (non-hydrogen) atoms. The lowest BCUT2D eigenvalue weighted by molar-refractivity contribution is 0.624. The molecule has 1 N–H and O–H groups in total. The van der Waals surface area contributed by atoms with Gasteiger partial charge in [0.05, 0.1) is 16.8 Å². The summed E-state index contributed by atoms with van der Waals surface area (Å²) in [5.74, 6) is -0.347. The first-order valence-electron chi connectivity index (χ1n) is 6.08. The number of nitrogens with one attached hydrogen (secondary N) is 1. The predicted molar refractivity (Wildman–Crippen MR) is 79.5 cm³/mol. The Balaban J connectivity index is 2.26. The van der Waals surface area contributed by atoms with Crippen molar-refractivity contribution < 1.29 is 4.39 Å². The van der Waals surface area contributed by atoms with E-state index in [1.165, 1.54) is 6.07 Å². The second kappa shape index (κ2) is 6.27. The van der Waals surface area contributed by atoms with Crippen LogP contribution in [0.1, 0.15) is 24.9 Å². The van der Waals surface area contributed by atoms with Gasteiger partial charge < -0.3 is 5.32 Å². The van der Waals surface area contributed by atoms with Crippen molar-refractivity contribution in [2.24, 2.45) is 0 Å². The number of rotatable bonds is 4. The zero-order chi connectivity index (χ0) is 13.8. The molecular formula is C15H14Cl2FN. The Morgan fingerprint density at radius 3 is 2.37 bits per heavy atom. The number of hydrogen-bond donors (Lipinski definition) is 1. The fourth-order valence-corrected chi connectivity index (χ4v) is 2.27. The highest BCUT2D eigenvalue weighted by Crippen LogP contribution is 2.30. The molecule has 0 radical (unpaired) electrons. The smallest absolute Gasteiger partial charge is 0.147 e. The molecule has 0 aliphatic carbocycles. The van der Waals surface area contributed by atoms with Gasteiger partial charge in [-0.15, -0.1) is 0 Å². The normalized spacial score (nSPS) is 12.2. The number of benzene rings is 2. The van der Waals surface area contributed by atoms with E-state index < -0.39 is 0 Å². The minimum atomic E-state index is -0.347. The van der Waals surface area contributed by atoms with Gasteiger partial charge in [-0.1, -0.05) is 48.3 Å². The molecule has 0 fully saturated rings. The molecule has 0 saturated heterocycles.